The van der Waals surface area contributed by atoms with E-state index in [1.165, 1.54) is 4.68 Å². The van der Waals surface area contributed by atoms with E-state index in [0.717, 1.165) is 5.56 Å². The quantitative estimate of drug-likeness (QED) is 0.842. The van der Waals surface area contributed by atoms with Gasteiger partial charge in [-0.15, -0.1) is 0 Å². The van der Waals surface area contributed by atoms with Crippen molar-refractivity contribution in [3.8, 4) is 0 Å². The van der Waals surface area contributed by atoms with E-state index in [2.05, 4.69) is 10.4 Å². The molecule has 2 rings (SSSR count). The van der Waals surface area contributed by atoms with Crippen molar-refractivity contribution in [3.05, 3.63) is 54.4 Å². The van der Waals surface area contributed by atoms with Crippen LogP contribution in [0.15, 0.2) is 48.8 Å². The van der Waals surface area contributed by atoms with Gasteiger partial charge in [-0.25, -0.2) is 4.79 Å². The van der Waals surface area contributed by atoms with Crippen LogP contribution < -0.4 is 5.32 Å². The Morgan fingerprint density at radius 3 is 2.52 bits per heavy atom. The third-order valence-electron chi connectivity index (χ3n) is 3.18. The molecule has 0 saturated carbocycles. The fraction of sp³-hybridized carbons (Fsp3) is 0.267. The summed E-state index contributed by atoms with van der Waals surface area (Å²) >= 11 is 0. The molecule has 0 aliphatic heterocycles. The van der Waals surface area contributed by atoms with Crippen molar-refractivity contribution < 1.29 is 14.7 Å². The van der Waals surface area contributed by atoms with Crippen molar-refractivity contribution in [1.29, 1.82) is 0 Å². The second-order valence-electron chi connectivity index (χ2n) is 4.61. The summed E-state index contributed by atoms with van der Waals surface area (Å²) < 4.78 is 1.51. The third-order valence-corrected chi connectivity index (χ3v) is 3.18. The monoisotopic (exact) mass is 287 g/mol. The molecule has 1 aromatic heterocycles. The molecule has 1 amide bonds. The van der Waals surface area contributed by atoms with E-state index in [1.807, 2.05) is 30.3 Å². The molecule has 2 atom stereocenters. The second-order valence-corrected chi connectivity index (χ2v) is 4.61. The number of hydrogen-bond acceptors (Lipinski definition) is 3. The van der Waals surface area contributed by atoms with Gasteiger partial charge in [0, 0.05) is 12.4 Å². The molecule has 0 aliphatic carbocycles. The van der Waals surface area contributed by atoms with Crippen LogP contribution in [0.2, 0.25) is 0 Å². The molecule has 2 aromatic rings. The van der Waals surface area contributed by atoms with Gasteiger partial charge >= 0.3 is 5.97 Å². The maximum absolute atomic E-state index is 12.5. The first kappa shape index (κ1) is 14.8. The minimum atomic E-state index is -1.04. The second kappa shape index (κ2) is 6.69. The van der Waals surface area contributed by atoms with Gasteiger partial charge in [-0.3, -0.25) is 9.48 Å². The highest BCUT2D eigenvalue weighted by atomic mass is 16.4. The smallest absolute Gasteiger partial charge is 0.326 e. The fourth-order valence-corrected chi connectivity index (χ4v) is 2.08. The Labute approximate surface area is 122 Å². The number of hydrogen-bond donors (Lipinski definition) is 2. The molecule has 0 saturated heterocycles. The molecule has 110 valence electrons. The van der Waals surface area contributed by atoms with Crippen LogP contribution in [0.3, 0.4) is 0 Å². The van der Waals surface area contributed by atoms with Crippen molar-refractivity contribution in [2.24, 2.45) is 0 Å². The highest BCUT2D eigenvalue weighted by molar-refractivity contribution is 5.87. The first-order valence-electron chi connectivity index (χ1n) is 6.70. The molecule has 0 aliphatic rings. The number of benzene rings is 1. The summed E-state index contributed by atoms with van der Waals surface area (Å²) in [6.07, 6.45) is 3.58. The minimum Gasteiger partial charge on any atom is -0.480 e. The van der Waals surface area contributed by atoms with Crippen LogP contribution in [0.1, 0.15) is 24.9 Å². The molecule has 0 radical (unpaired) electrons. The summed E-state index contributed by atoms with van der Waals surface area (Å²) in [5, 5.41) is 15.7. The van der Waals surface area contributed by atoms with Gasteiger partial charge in [-0.1, -0.05) is 37.3 Å². The highest BCUT2D eigenvalue weighted by Crippen LogP contribution is 2.17. The Balaban J connectivity index is 2.28. The number of carboxylic acids is 1. The van der Waals surface area contributed by atoms with Crippen LogP contribution in [0.5, 0.6) is 0 Å². The maximum atomic E-state index is 12.5. The van der Waals surface area contributed by atoms with E-state index in [9.17, 15) is 9.59 Å². The van der Waals surface area contributed by atoms with E-state index in [-0.39, 0.29) is 5.91 Å². The van der Waals surface area contributed by atoms with Crippen molar-refractivity contribution in [1.82, 2.24) is 15.1 Å². The number of carboxylic acid groups (broad SMARTS) is 1. The van der Waals surface area contributed by atoms with Gasteiger partial charge in [0.25, 0.3) is 0 Å². The number of rotatable bonds is 6. The number of amides is 1. The first-order valence-corrected chi connectivity index (χ1v) is 6.70. The summed E-state index contributed by atoms with van der Waals surface area (Å²) in [7, 11) is 0. The normalized spacial score (nSPS) is 13.4. The zero-order valence-electron chi connectivity index (χ0n) is 11.6. The number of nitrogens with one attached hydrogen (secondary N) is 1. The van der Waals surface area contributed by atoms with Gasteiger partial charge in [0.2, 0.25) is 5.91 Å². The molecule has 21 heavy (non-hydrogen) atoms. The Morgan fingerprint density at radius 1 is 1.29 bits per heavy atom. The lowest BCUT2D eigenvalue weighted by atomic mass is 10.1. The Bertz CT molecular complexity index is 596. The summed E-state index contributed by atoms with van der Waals surface area (Å²) in [6.45, 7) is 1.71. The zero-order valence-corrected chi connectivity index (χ0v) is 11.6. The largest absolute Gasteiger partial charge is 0.480 e. The first-order chi connectivity index (χ1) is 10.1. The van der Waals surface area contributed by atoms with Crippen molar-refractivity contribution in [2.45, 2.75) is 25.4 Å². The summed E-state index contributed by atoms with van der Waals surface area (Å²) in [6, 6.07) is 9.27. The molecule has 1 aromatic carbocycles. The Kier molecular flexibility index (Phi) is 4.71. The molecule has 0 spiro atoms. The third kappa shape index (κ3) is 3.47. The van der Waals surface area contributed by atoms with Crippen LogP contribution in [0, 0.1) is 0 Å². The molecule has 6 heteroatoms. The number of aliphatic carboxylic acids is 1. The van der Waals surface area contributed by atoms with E-state index in [4.69, 9.17) is 5.11 Å². The van der Waals surface area contributed by atoms with Gasteiger partial charge in [0.1, 0.15) is 6.04 Å². The van der Waals surface area contributed by atoms with Crippen LogP contribution in [-0.4, -0.2) is 32.8 Å². The Hall–Kier alpha value is -2.63. The lowest BCUT2D eigenvalue weighted by Crippen LogP contribution is -2.44. The van der Waals surface area contributed by atoms with Gasteiger partial charge in [-0.05, 0) is 18.1 Å². The Morgan fingerprint density at radius 2 is 2.00 bits per heavy atom. The number of aromatic nitrogens is 2. The lowest BCUT2D eigenvalue weighted by molar-refractivity contribution is -0.142. The van der Waals surface area contributed by atoms with Gasteiger partial charge in [0.15, 0.2) is 6.04 Å². The predicted octanol–water partition coefficient (Wildman–Crippen LogP) is 1.45. The van der Waals surface area contributed by atoms with Crippen LogP contribution >= 0.6 is 0 Å². The lowest BCUT2D eigenvalue weighted by Gasteiger charge is -2.20. The molecule has 0 fully saturated rings. The fourth-order valence-electron chi connectivity index (χ4n) is 2.08. The molecule has 2 unspecified atom stereocenters. The summed E-state index contributed by atoms with van der Waals surface area (Å²) in [5.74, 6) is -1.43. The average Bonchev–Trinajstić information content (AvgIpc) is 2.99. The predicted molar refractivity (Wildman–Crippen MR) is 76.7 cm³/mol. The highest BCUT2D eigenvalue weighted by Gasteiger charge is 2.26. The van der Waals surface area contributed by atoms with Crippen LogP contribution in [-0.2, 0) is 9.59 Å². The summed E-state index contributed by atoms with van der Waals surface area (Å²) in [4.78, 5) is 23.6. The molecule has 1 heterocycles. The number of carbonyl (C=O) groups is 2. The van der Waals surface area contributed by atoms with Crippen molar-refractivity contribution in [2.75, 3.05) is 0 Å². The topological polar surface area (TPSA) is 84.2 Å². The van der Waals surface area contributed by atoms with Crippen molar-refractivity contribution in [3.63, 3.8) is 0 Å². The standard InChI is InChI=1S/C15H17N3O3/c1-2-12(15(20)21)17-14(19)13(18-10-6-9-16-18)11-7-4-3-5-8-11/h3-10,12-13H,2H2,1H3,(H,17,19)(H,20,21). The molecule has 2 N–H and O–H groups in total. The number of nitrogens with zero attached hydrogens (tertiary/aromatic N) is 2. The van der Waals surface area contributed by atoms with E-state index >= 15 is 0 Å². The zero-order chi connectivity index (χ0) is 15.2. The average molecular weight is 287 g/mol. The van der Waals surface area contributed by atoms with Gasteiger partial charge < -0.3 is 10.4 Å². The molecule has 0 bridgehead atoms. The van der Waals surface area contributed by atoms with E-state index in [1.54, 1.807) is 25.4 Å². The SMILES string of the molecule is CCC(NC(=O)C(c1ccccc1)n1cccn1)C(=O)O. The van der Waals surface area contributed by atoms with Crippen LogP contribution in [0.25, 0.3) is 0 Å². The molecular formula is C15H17N3O3. The van der Waals surface area contributed by atoms with E-state index < -0.39 is 18.1 Å². The van der Waals surface area contributed by atoms with E-state index in [0.29, 0.717) is 6.42 Å². The molecular weight excluding hydrogens is 270 g/mol. The minimum absolute atomic E-state index is 0.321. The number of carbonyl (C=O) groups excluding carboxylic acids is 1. The van der Waals surface area contributed by atoms with Crippen molar-refractivity contribution >= 4 is 11.9 Å². The van der Waals surface area contributed by atoms with Gasteiger partial charge in [-0.2, -0.15) is 5.10 Å². The molecule has 6 nitrogen and oxygen atoms in total. The maximum Gasteiger partial charge on any atom is 0.326 e. The van der Waals surface area contributed by atoms with Crippen LogP contribution in [0.4, 0.5) is 0 Å². The van der Waals surface area contributed by atoms with Gasteiger partial charge in [0.05, 0.1) is 0 Å². The summed E-state index contributed by atoms with van der Waals surface area (Å²) in [5.41, 5.74) is 0.749.